The fraction of sp³-hybridized carbons (Fsp3) is 0.600. The third kappa shape index (κ3) is 3460. The second-order valence-corrected chi connectivity index (χ2v) is 0.704. The maximum Gasteiger partial charge on any atom is 2.00 e. The van der Waals surface area contributed by atoms with E-state index in [9.17, 15) is 0 Å². The fourth-order valence-electron chi connectivity index (χ4n) is 0. The molecule has 0 saturated heterocycles. The van der Waals surface area contributed by atoms with Crippen LogP contribution in [0.5, 0.6) is 0 Å². The zero-order valence-corrected chi connectivity index (χ0v) is 5.70. The maximum absolute atomic E-state index is 8.68. The molecule has 0 heterocycles. The molecule has 7 heavy (non-hydrogen) atoms. The first-order valence-electron chi connectivity index (χ1n) is 1.91. The van der Waals surface area contributed by atoms with Crippen molar-refractivity contribution in [2.24, 2.45) is 0 Å². The van der Waals surface area contributed by atoms with E-state index in [1.165, 1.54) is 13.2 Å². The molecular formula is C5H10CoO. The van der Waals surface area contributed by atoms with Crippen molar-refractivity contribution in [1.82, 2.24) is 0 Å². The first-order valence-corrected chi connectivity index (χ1v) is 1.91. The van der Waals surface area contributed by atoms with Crippen LogP contribution in [0.15, 0.2) is 0 Å². The first-order chi connectivity index (χ1) is 2.83. The van der Waals surface area contributed by atoms with E-state index in [0.29, 0.717) is 0 Å². The van der Waals surface area contributed by atoms with Crippen LogP contribution in [0, 0.1) is 6.92 Å². The molecule has 0 fully saturated rings. The first kappa shape index (κ1) is 15.7. The third-order valence-corrected chi connectivity index (χ3v) is 0. The van der Waals surface area contributed by atoms with E-state index in [0.717, 1.165) is 6.42 Å². The van der Waals surface area contributed by atoms with Crippen LogP contribution in [-0.4, -0.2) is 6.29 Å². The van der Waals surface area contributed by atoms with Crippen LogP contribution < -0.4 is 0 Å². The zero-order chi connectivity index (χ0) is 5.41. The predicted octanol–water partition coefficient (Wildman–Crippen LogP) is 1.34. The quantitative estimate of drug-likeness (QED) is 0.470. The molecule has 0 N–H and O–H groups in total. The summed E-state index contributed by atoms with van der Waals surface area (Å²) in [6.07, 6.45) is 2.50. The molecule has 0 aromatic heterocycles. The third-order valence-electron chi connectivity index (χ3n) is 0. The molecule has 1 nitrogen and oxygen atoms in total. The van der Waals surface area contributed by atoms with E-state index in [4.69, 9.17) is 4.79 Å². The second kappa shape index (κ2) is 34.9. The van der Waals surface area contributed by atoms with E-state index in [2.05, 4.69) is 6.92 Å². The topological polar surface area (TPSA) is 17.1 Å². The normalized spacial score (nSPS) is 4.43. The van der Waals surface area contributed by atoms with Crippen LogP contribution >= 0.6 is 0 Å². The van der Waals surface area contributed by atoms with Gasteiger partial charge >= 0.3 is 16.8 Å². The Morgan fingerprint density at radius 3 is 1.71 bits per heavy atom. The summed E-state index contributed by atoms with van der Waals surface area (Å²) in [5, 5.41) is 0. The van der Waals surface area contributed by atoms with Gasteiger partial charge in [-0.25, -0.2) is 0 Å². The van der Waals surface area contributed by atoms with Crippen LogP contribution in [0.2, 0.25) is 0 Å². The van der Waals surface area contributed by atoms with Gasteiger partial charge < -0.3 is 11.7 Å². The van der Waals surface area contributed by atoms with Crippen LogP contribution in [-0.2, 0) is 21.6 Å². The fourth-order valence-corrected chi connectivity index (χ4v) is 0. The summed E-state index contributed by atoms with van der Waals surface area (Å²) in [5.74, 6) is 0. The average Bonchev–Trinajstić information content (AvgIpc) is 1.39. The molecule has 0 aliphatic carbocycles. The summed E-state index contributed by atoms with van der Waals surface area (Å²) in [6, 6.07) is 0. The Balaban J connectivity index is -0.0000000400. The molecule has 45 valence electrons. The van der Waals surface area contributed by atoms with Gasteiger partial charge in [-0.15, -0.1) is 0 Å². The zero-order valence-electron chi connectivity index (χ0n) is 4.66. The van der Waals surface area contributed by atoms with E-state index in [-0.39, 0.29) is 16.8 Å². The molecule has 0 bridgehead atoms. The minimum atomic E-state index is 0. The number of hydrogen-bond donors (Lipinski definition) is 0. The van der Waals surface area contributed by atoms with Crippen LogP contribution in [0.4, 0.5) is 0 Å². The molecule has 0 aliphatic rings. The van der Waals surface area contributed by atoms with E-state index in [1.807, 2.05) is 6.92 Å². The van der Waals surface area contributed by atoms with Gasteiger partial charge in [-0.2, -0.15) is 13.3 Å². The van der Waals surface area contributed by atoms with Gasteiger partial charge in [0.2, 0.25) is 0 Å². The summed E-state index contributed by atoms with van der Waals surface area (Å²) >= 11 is 0. The molecule has 0 rings (SSSR count). The minimum Gasteiger partial charge on any atom is -0.542 e. The van der Waals surface area contributed by atoms with Crippen molar-refractivity contribution in [2.75, 3.05) is 0 Å². The van der Waals surface area contributed by atoms with Gasteiger partial charge in [0.05, 0.1) is 0 Å². The van der Waals surface area contributed by atoms with Gasteiger partial charge in [-0.1, -0.05) is 6.92 Å². The van der Waals surface area contributed by atoms with E-state index in [1.54, 1.807) is 0 Å². The number of rotatable bonds is 0. The summed E-state index contributed by atoms with van der Waals surface area (Å²) in [4.78, 5) is 8.68. The van der Waals surface area contributed by atoms with Crippen LogP contribution in [0.25, 0.3) is 0 Å². The average molecular weight is 145 g/mol. The smallest absolute Gasteiger partial charge is 0.542 e. The van der Waals surface area contributed by atoms with Gasteiger partial charge in [-0.05, 0) is 0 Å². The molecule has 0 atom stereocenters. The minimum absolute atomic E-state index is 0. The van der Waals surface area contributed by atoms with Gasteiger partial charge in [-0.3, -0.25) is 6.29 Å². The van der Waals surface area contributed by atoms with Gasteiger partial charge in [0.15, 0.2) is 0 Å². The standard InChI is InChI=1S/C3H7.C2H3O.Co/c1-3-2;1-2-3;/h1,3H2,2H3;1H3;/q2*-1;+2. The van der Waals surface area contributed by atoms with E-state index < -0.39 is 0 Å². The molecule has 2 heteroatoms. The van der Waals surface area contributed by atoms with Crippen molar-refractivity contribution in [3.05, 3.63) is 6.92 Å². The van der Waals surface area contributed by atoms with Crippen molar-refractivity contribution in [1.29, 1.82) is 0 Å². The Morgan fingerprint density at radius 2 is 1.71 bits per heavy atom. The number of carbonyl (C=O) groups excluding carboxylic acids is 1. The van der Waals surface area contributed by atoms with Gasteiger partial charge in [0.1, 0.15) is 0 Å². The van der Waals surface area contributed by atoms with Crippen molar-refractivity contribution < 1.29 is 21.6 Å². The number of hydrogen-bond acceptors (Lipinski definition) is 1. The Bertz CT molecular complexity index is 22.0. The van der Waals surface area contributed by atoms with Crippen molar-refractivity contribution in [3.8, 4) is 0 Å². The van der Waals surface area contributed by atoms with Gasteiger partial charge in [0.25, 0.3) is 0 Å². The summed E-state index contributed by atoms with van der Waals surface area (Å²) in [7, 11) is 0. The van der Waals surface area contributed by atoms with Crippen molar-refractivity contribution >= 4 is 6.29 Å². The summed E-state index contributed by atoms with van der Waals surface area (Å²) in [6.45, 7) is 6.82. The van der Waals surface area contributed by atoms with Crippen molar-refractivity contribution in [2.45, 2.75) is 20.3 Å². The van der Waals surface area contributed by atoms with E-state index >= 15 is 0 Å². The molecular weight excluding hydrogens is 135 g/mol. The predicted molar refractivity (Wildman–Crippen MR) is 27.0 cm³/mol. The molecule has 0 saturated carbocycles. The molecule has 0 amide bonds. The molecule has 0 aromatic carbocycles. The Morgan fingerprint density at radius 1 is 1.71 bits per heavy atom. The SMILES string of the molecule is C[C-]=O.[CH2-]CC.[Co+2]. The molecule has 1 radical (unpaired) electrons. The summed E-state index contributed by atoms with van der Waals surface area (Å²) < 4.78 is 0. The van der Waals surface area contributed by atoms with Crippen molar-refractivity contribution in [3.63, 3.8) is 0 Å². The Hall–Kier alpha value is 0.176. The van der Waals surface area contributed by atoms with Crippen LogP contribution in [0.1, 0.15) is 20.3 Å². The largest absolute Gasteiger partial charge is 2.00 e. The molecule has 0 aliphatic heterocycles. The Labute approximate surface area is 55.7 Å². The van der Waals surface area contributed by atoms with Gasteiger partial charge in [0, 0.05) is 0 Å². The maximum atomic E-state index is 8.68. The molecule has 0 aromatic rings. The monoisotopic (exact) mass is 145 g/mol. The molecule has 0 unspecified atom stereocenters. The molecule has 0 spiro atoms. The second-order valence-electron chi connectivity index (χ2n) is 0.704. The van der Waals surface area contributed by atoms with Crippen LogP contribution in [0.3, 0.4) is 0 Å². The summed E-state index contributed by atoms with van der Waals surface area (Å²) in [5.41, 5.74) is 0. The Kier molecular flexibility index (Phi) is 78.3.